The molecule has 3 N–H and O–H groups in total. The van der Waals surface area contributed by atoms with E-state index in [4.69, 9.17) is 5.73 Å². The number of amidine groups is 3. The number of nitrogens with two attached hydrogens (primary N) is 1. The number of fused-ring (bicyclic) bond motifs is 2. The lowest BCUT2D eigenvalue weighted by molar-refractivity contribution is 0.557. The molecule has 0 aliphatic carbocycles. The van der Waals surface area contributed by atoms with Crippen LogP contribution in [-0.2, 0) is 0 Å². The molecule has 1 aromatic carbocycles. The van der Waals surface area contributed by atoms with E-state index >= 15 is 0 Å². The maximum atomic E-state index is 9.30. The molecule has 25 heavy (non-hydrogen) atoms. The maximum Gasteiger partial charge on any atom is 0.171 e. The fourth-order valence-corrected chi connectivity index (χ4v) is 3.73. The van der Waals surface area contributed by atoms with Crippen LogP contribution in [0.4, 0.5) is 5.82 Å². The third-order valence-corrected chi connectivity index (χ3v) is 4.99. The molecule has 2 aliphatic rings. The smallest absolute Gasteiger partial charge is 0.171 e. The molecule has 2 atom stereocenters. The van der Waals surface area contributed by atoms with Crippen molar-refractivity contribution in [3.8, 4) is 6.07 Å². The average molecular weight is 350 g/mol. The Hall–Kier alpha value is -3.12. The van der Waals surface area contributed by atoms with Crippen molar-refractivity contribution in [1.82, 2.24) is 15.2 Å². The first-order valence-corrected chi connectivity index (χ1v) is 8.84. The number of nitrogens with zero attached hydrogens (tertiary/aromatic N) is 6. The highest BCUT2D eigenvalue weighted by Gasteiger charge is 2.39. The topological polar surface area (TPSA) is 117 Å². The Morgan fingerprint density at radius 3 is 2.80 bits per heavy atom. The summed E-state index contributed by atoms with van der Waals surface area (Å²) in [6, 6.07) is 11.8. The number of aliphatic imine (C=N–C) groups is 2. The first-order valence-electron chi connectivity index (χ1n) is 7.55. The molecule has 8 nitrogen and oxygen atoms in total. The van der Waals surface area contributed by atoms with Crippen LogP contribution in [0, 0.1) is 17.2 Å². The normalized spacial score (nSPS) is 21.5. The molecule has 9 heteroatoms. The molecular formula is C16H14N8S. The van der Waals surface area contributed by atoms with Crippen molar-refractivity contribution in [1.29, 1.82) is 5.26 Å². The highest BCUT2D eigenvalue weighted by molar-refractivity contribution is 7.98. The molecule has 1 aromatic heterocycles. The monoisotopic (exact) mass is 350 g/mol. The summed E-state index contributed by atoms with van der Waals surface area (Å²) in [6.45, 7) is 0. The Kier molecular flexibility index (Phi) is 3.74. The summed E-state index contributed by atoms with van der Waals surface area (Å²) in [5, 5.41) is 17.7. The lowest BCUT2D eigenvalue weighted by atomic mass is 10.1. The predicted molar refractivity (Wildman–Crippen MR) is 97.8 cm³/mol. The summed E-state index contributed by atoms with van der Waals surface area (Å²) in [5.74, 6) is 1.64. The molecule has 124 valence electrons. The van der Waals surface area contributed by atoms with Gasteiger partial charge >= 0.3 is 0 Å². The van der Waals surface area contributed by atoms with E-state index in [0.717, 1.165) is 5.56 Å². The van der Waals surface area contributed by atoms with E-state index in [9.17, 15) is 5.26 Å². The molecule has 2 unspecified atom stereocenters. The van der Waals surface area contributed by atoms with Crippen LogP contribution in [0.3, 0.4) is 0 Å². The minimum Gasteiger partial charge on any atom is -0.385 e. The van der Waals surface area contributed by atoms with E-state index in [1.54, 1.807) is 16.4 Å². The van der Waals surface area contributed by atoms with E-state index in [2.05, 4.69) is 31.7 Å². The molecule has 4 rings (SSSR count). The summed E-state index contributed by atoms with van der Waals surface area (Å²) in [6.07, 6.45) is 3.47. The lowest BCUT2D eigenvalue weighted by Crippen LogP contribution is -2.38. The zero-order valence-electron chi connectivity index (χ0n) is 13.3. The number of hydrogen-bond acceptors (Lipinski definition) is 8. The Morgan fingerprint density at radius 2 is 2.08 bits per heavy atom. The van der Waals surface area contributed by atoms with Gasteiger partial charge in [-0.05, 0) is 6.26 Å². The number of aromatic nitrogens is 2. The minimum absolute atomic E-state index is 0.172. The summed E-state index contributed by atoms with van der Waals surface area (Å²) in [4.78, 5) is 9.24. The molecule has 2 aliphatic heterocycles. The SMILES string of the molecule is CSC1C2C(N)=NNC(c3ccccc3)=NC2=Nc2c(C#N)cnn21. The highest BCUT2D eigenvalue weighted by Crippen LogP contribution is 2.39. The van der Waals surface area contributed by atoms with Gasteiger partial charge in [0.15, 0.2) is 11.7 Å². The number of nitrogens with one attached hydrogen (secondary N) is 1. The van der Waals surface area contributed by atoms with Crippen LogP contribution in [-0.4, -0.2) is 33.5 Å². The molecule has 0 bridgehead atoms. The van der Waals surface area contributed by atoms with Crippen molar-refractivity contribution in [2.45, 2.75) is 5.37 Å². The molecule has 0 amide bonds. The summed E-state index contributed by atoms with van der Waals surface area (Å²) < 4.78 is 1.71. The van der Waals surface area contributed by atoms with Gasteiger partial charge in [-0.15, -0.1) is 11.8 Å². The second-order valence-corrected chi connectivity index (χ2v) is 6.44. The second kappa shape index (κ2) is 6.07. The van der Waals surface area contributed by atoms with E-state index in [-0.39, 0.29) is 11.3 Å². The minimum atomic E-state index is -0.331. The van der Waals surface area contributed by atoms with Crippen molar-refractivity contribution in [3.63, 3.8) is 0 Å². The summed E-state index contributed by atoms with van der Waals surface area (Å²) in [7, 11) is 0. The summed E-state index contributed by atoms with van der Waals surface area (Å²) in [5.41, 5.74) is 10.4. The Morgan fingerprint density at radius 1 is 1.28 bits per heavy atom. The first-order chi connectivity index (χ1) is 12.2. The van der Waals surface area contributed by atoms with Crippen molar-refractivity contribution >= 4 is 35.1 Å². The number of nitriles is 1. The maximum absolute atomic E-state index is 9.30. The third-order valence-electron chi connectivity index (χ3n) is 4.04. The number of hydrogen-bond donors (Lipinski definition) is 2. The zero-order valence-corrected chi connectivity index (χ0v) is 14.1. The fraction of sp³-hybridized carbons (Fsp3) is 0.188. The van der Waals surface area contributed by atoms with Crippen LogP contribution in [0.1, 0.15) is 16.5 Å². The molecule has 0 saturated heterocycles. The van der Waals surface area contributed by atoms with Crippen molar-refractivity contribution in [3.05, 3.63) is 47.7 Å². The largest absolute Gasteiger partial charge is 0.385 e. The van der Waals surface area contributed by atoms with Crippen LogP contribution in [0.2, 0.25) is 0 Å². The predicted octanol–water partition coefficient (Wildman–Crippen LogP) is 1.60. The molecule has 0 spiro atoms. The lowest BCUT2D eigenvalue weighted by Gasteiger charge is -2.28. The van der Waals surface area contributed by atoms with Crippen LogP contribution in [0.15, 0.2) is 51.6 Å². The average Bonchev–Trinajstić information content (AvgIpc) is 2.98. The molecular weight excluding hydrogens is 336 g/mol. The van der Waals surface area contributed by atoms with Crippen molar-refractivity contribution in [2.75, 3.05) is 6.26 Å². The Bertz CT molecular complexity index is 950. The molecule has 3 heterocycles. The number of hydrazone groups is 1. The fourth-order valence-electron chi connectivity index (χ4n) is 2.84. The molecule has 0 saturated carbocycles. The first kappa shape index (κ1) is 15.4. The number of benzene rings is 1. The molecule has 2 aromatic rings. The van der Waals surface area contributed by atoms with Crippen LogP contribution < -0.4 is 11.2 Å². The standard InChI is InChI=1S/C16H14N8S/c1-25-16-11-12(18)22-23-13(9-5-3-2-4-6-9)20-14(11)21-15-10(7-17)8-19-24(15)16/h2-6,8,11,16H,1H3,(H2,18,22)(H,20,21,23). The van der Waals surface area contributed by atoms with E-state index in [0.29, 0.717) is 28.9 Å². The zero-order chi connectivity index (χ0) is 17.4. The van der Waals surface area contributed by atoms with Crippen molar-refractivity contribution < 1.29 is 0 Å². The quantitative estimate of drug-likeness (QED) is 0.853. The molecule has 0 radical (unpaired) electrons. The van der Waals surface area contributed by atoms with E-state index < -0.39 is 0 Å². The van der Waals surface area contributed by atoms with Gasteiger partial charge in [0, 0.05) is 5.56 Å². The second-order valence-electron chi connectivity index (χ2n) is 5.49. The highest BCUT2D eigenvalue weighted by atomic mass is 32.2. The molecule has 0 fully saturated rings. The van der Waals surface area contributed by atoms with Gasteiger partial charge in [-0.3, -0.25) is 5.43 Å². The number of thioether (sulfide) groups is 1. The van der Waals surface area contributed by atoms with E-state index in [1.807, 2.05) is 36.6 Å². The van der Waals surface area contributed by atoms with Gasteiger partial charge in [-0.2, -0.15) is 15.5 Å². The van der Waals surface area contributed by atoms with E-state index in [1.165, 1.54) is 6.20 Å². The van der Waals surface area contributed by atoms with Gasteiger partial charge in [-0.1, -0.05) is 30.3 Å². The van der Waals surface area contributed by atoms with Gasteiger partial charge < -0.3 is 5.73 Å². The van der Waals surface area contributed by atoms with Gasteiger partial charge in [0.25, 0.3) is 0 Å². The summed E-state index contributed by atoms with van der Waals surface area (Å²) >= 11 is 1.56. The van der Waals surface area contributed by atoms with Crippen LogP contribution in [0.5, 0.6) is 0 Å². The van der Waals surface area contributed by atoms with Gasteiger partial charge in [0.05, 0.1) is 6.20 Å². The van der Waals surface area contributed by atoms with Crippen LogP contribution >= 0.6 is 11.8 Å². The van der Waals surface area contributed by atoms with Gasteiger partial charge in [-0.25, -0.2) is 14.7 Å². The van der Waals surface area contributed by atoms with Crippen molar-refractivity contribution in [2.24, 2.45) is 26.7 Å². The number of rotatable bonds is 2. The Labute approximate surface area is 148 Å². The Balaban J connectivity index is 1.90. The van der Waals surface area contributed by atoms with Gasteiger partial charge in [0.1, 0.15) is 34.6 Å². The van der Waals surface area contributed by atoms with Gasteiger partial charge in [0.2, 0.25) is 0 Å². The third kappa shape index (κ3) is 2.47. The van der Waals surface area contributed by atoms with Crippen LogP contribution in [0.25, 0.3) is 0 Å².